The zero-order valence-electron chi connectivity index (χ0n) is 12.6. The minimum atomic E-state index is 0.325. The molecule has 0 unspecified atom stereocenters. The van der Waals surface area contributed by atoms with Gasteiger partial charge < -0.3 is 10.6 Å². The van der Waals surface area contributed by atoms with Crippen molar-refractivity contribution in [3.8, 4) is 0 Å². The van der Waals surface area contributed by atoms with E-state index in [2.05, 4.69) is 34.8 Å². The van der Waals surface area contributed by atoms with E-state index < -0.39 is 0 Å². The van der Waals surface area contributed by atoms with Crippen LogP contribution in [-0.2, 0) is 6.54 Å². The van der Waals surface area contributed by atoms with Crippen molar-refractivity contribution in [2.45, 2.75) is 40.3 Å². The van der Waals surface area contributed by atoms with Crippen LogP contribution >= 0.6 is 0 Å². The second-order valence-corrected chi connectivity index (χ2v) is 5.32. The molecule has 0 radical (unpaired) electrons. The molecule has 0 saturated carbocycles. The number of nitrogens with zero attached hydrogens (tertiary/aromatic N) is 3. The average molecular weight is 270 g/mol. The molecule has 0 amide bonds. The number of hydrogen-bond donors (Lipinski definition) is 1. The molecule has 0 aliphatic heterocycles. The number of aryl methyl sites for hydroxylation is 2. The van der Waals surface area contributed by atoms with E-state index in [0.29, 0.717) is 6.04 Å². The van der Waals surface area contributed by atoms with Gasteiger partial charge in [-0.15, -0.1) is 0 Å². The van der Waals surface area contributed by atoms with Crippen molar-refractivity contribution in [1.29, 1.82) is 0 Å². The largest absolute Gasteiger partial charge is 0.398 e. The van der Waals surface area contributed by atoms with Gasteiger partial charge in [-0.1, -0.05) is 18.2 Å². The average Bonchev–Trinajstić information content (AvgIpc) is 2.41. The second-order valence-electron chi connectivity index (χ2n) is 5.32. The van der Waals surface area contributed by atoms with Gasteiger partial charge in [0.25, 0.3) is 0 Å². The molecule has 0 atom stereocenters. The van der Waals surface area contributed by atoms with Crippen LogP contribution in [0.2, 0.25) is 0 Å². The molecule has 0 aliphatic carbocycles. The van der Waals surface area contributed by atoms with Crippen LogP contribution in [0.1, 0.15) is 30.8 Å². The summed E-state index contributed by atoms with van der Waals surface area (Å²) >= 11 is 0. The summed E-state index contributed by atoms with van der Waals surface area (Å²) < 4.78 is 0. The van der Waals surface area contributed by atoms with Gasteiger partial charge in [0.15, 0.2) is 0 Å². The van der Waals surface area contributed by atoms with Crippen LogP contribution in [0.3, 0.4) is 0 Å². The molecule has 1 aromatic heterocycles. The van der Waals surface area contributed by atoms with E-state index in [0.717, 1.165) is 35.0 Å². The van der Waals surface area contributed by atoms with Crippen LogP contribution < -0.4 is 10.6 Å². The molecule has 2 rings (SSSR count). The SMILES string of the molecule is Cc1ncc(N(Cc2ccccc2N)C(C)C)nc1C. The Morgan fingerprint density at radius 2 is 1.85 bits per heavy atom. The number of hydrogen-bond acceptors (Lipinski definition) is 4. The third-order valence-corrected chi connectivity index (χ3v) is 3.49. The number of rotatable bonds is 4. The molecule has 1 aromatic carbocycles. The van der Waals surface area contributed by atoms with Crippen molar-refractivity contribution in [3.05, 3.63) is 47.4 Å². The van der Waals surface area contributed by atoms with E-state index >= 15 is 0 Å². The number of aromatic nitrogens is 2. The lowest BCUT2D eigenvalue weighted by molar-refractivity contribution is 0.669. The maximum absolute atomic E-state index is 6.04. The van der Waals surface area contributed by atoms with Crippen molar-refractivity contribution in [3.63, 3.8) is 0 Å². The van der Waals surface area contributed by atoms with Gasteiger partial charge >= 0.3 is 0 Å². The predicted molar refractivity (Wildman–Crippen MR) is 83.7 cm³/mol. The van der Waals surface area contributed by atoms with Gasteiger partial charge in [0.1, 0.15) is 5.82 Å². The van der Waals surface area contributed by atoms with Gasteiger partial charge in [-0.2, -0.15) is 0 Å². The highest BCUT2D eigenvalue weighted by Crippen LogP contribution is 2.21. The zero-order valence-corrected chi connectivity index (χ0v) is 12.6. The fraction of sp³-hybridized carbons (Fsp3) is 0.375. The fourth-order valence-electron chi connectivity index (χ4n) is 2.06. The summed E-state index contributed by atoms with van der Waals surface area (Å²) in [6, 6.07) is 8.27. The van der Waals surface area contributed by atoms with Crippen molar-refractivity contribution in [2.75, 3.05) is 10.6 Å². The molecule has 0 bridgehead atoms. The van der Waals surface area contributed by atoms with Crippen molar-refractivity contribution < 1.29 is 0 Å². The van der Waals surface area contributed by atoms with Crippen LogP contribution in [0.5, 0.6) is 0 Å². The van der Waals surface area contributed by atoms with Crippen molar-refractivity contribution in [2.24, 2.45) is 0 Å². The third-order valence-electron chi connectivity index (χ3n) is 3.49. The minimum absolute atomic E-state index is 0.325. The monoisotopic (exact) mass is 270 g/mol. The van der Waals surface area contributed by atoms with Gasteiger partial charge in [0, 0.05) is 18.3 Å². The lowest BCUT2D eigenvalue weighted by Gasteiger charge is -2.28. The summed E-state index contributed by atoms with van der Waals surface area (Å²) in [7, 11) is 0. The molecular weight excluding hydrogens is 248 g/mol. The van der Waals surface area contributed by atoms with Crippen LogP contribution in [-0.4, -0.2) is 16.0 Å². The Morgan fingerprint density at radius 3 is 2.45 bits per heavy atom. The first-order valence-electron chi connectivity index (χ1n) is 6.89. The Hall–Kier alpha value is -2.10. The first-order valence-corrected chi connectivity index (χ1v) is 6.89. The second kappa shape index (κ2) is 5.90. The fourth-order valence-corrected chi connectivity index (χ4v) is 2.06. The Bertz CT molecular complexity index is 593. The molecule has 0 fully saturated rings. The smallest absolute Gasteiger partial charge is 0.147 e. The summed E-state index contributed by atoms with van der Waals surface area (Å²) in [5, 5.41) is 0. The maximum Gasteiger partial charge on any atom is 0.147 e. The lowest BCUT2D eigenvalue weighted by atomic mass is 10.1. The quantitative estimate of drug-likeness (QED) is 0.867. The third kappa shape index (κ3) is 3.07. The molecule has 4 nitrogen and oxygen atoms in total. The Kier molecular flexibility index (Phi) is 4.23. The van der Waals surface area contributed by atoms with E-state index in [9.17, 15) is 0 Å². The predicted octanol–water partition coefficient (Wildman–Crippen LogP) is 3.09. The molecule has 4 heteroatoms. The molecule has 20 heavy (non-hydrogen) atoms. The van der Waals surface area contributed by atoms with Crippen LogP contribution in [0.4, 0.5) is 11.5 Å². The molecule has 1 heterocycles. The lowest BCUT2D eigenvalue weighted by Crippen LogP contribution is -2.31. The van der Waals surface area contributed by atoms with E-state index in [4.69, 9.17) is 5.73 Å². The van der Waals surface area contributed by atoms with Gasteiger partial charge in [-0.25, -0.2) is 4.98 Å². The van der Waals surface area contributed by atoms with Crippen LogP contribution in [0, 0.1) is 13.8 Å². The Morgan fingerprint density at radius 1 is 1.15 bits per heavy atom. The van der Waals surface area contributed by atoms with Gasteiger partial charge in [-0.3, -0.25) is 4.98 Å². The van der Waals surface area contributed by atoms with E-state index in [1.807, 2.05) is 38.2 Å². The Balaban J connectivity index is 2.32. The van der Waals surface area contributed by atoms with Crippen LogP contribution in [0.15, 0.2) is 30.5 Å². The summed E-state index contributed by atoms with van der Waals surface area (Å²) in [5.74, 6) is 0.895. The highest BCUT2D eigenvalue weighted by atomic mass is 15.2. The molecule has 2 aromatic rings. The minimum Gasteiger partial charge on any atom is -0.398 e. The zero-order chi connectivity index (χ0) is 14.7. The van der Waals surface area contributed by atoms with Crippen molar-refractivity contribution in [1.82, 2.24) is 9.97 Å². The highest BCUT2D eigenvalue weighted by molar-refractivity contribution is 5.49. The number of benzene rings is 1. The van der Waals surface area contributed by atoms with Gasteiger partial charge in [0.05, 0.1) is 17.6 Å². The molecule has 106 valence electrons. The summed E-state index contributed by atoms with van der Waals surface area (Å²) in [5.41, 5.74) is 9.90. The highest BCUT2D eigenvalue weighted by Gasteiger charge is 2.15. The first-order chi connectivity index (χ1) is 9.49. The number of nitrogens with two attached hydrogens (primary N) is 1. The maximum atomic E-state index is 6.04. The van der Waals surface area contributed by atoms with Crippen LogP contribution in [0.25, 0.3) is 0 Å². The molecular formula is C16H22N4. The standard InChI is InChI=1S/C16H22N4/c1-11(2)20(10-14-7-5-6-8-15(14)17)16-9-18-12(3)13(4)19-16/h5-9,11H,10,17H2,1-4H3. The molecule has 0 saturated heterocycles. The number of para-hydroxylation sites is 1. The Labute approximate surface area is 120 Å². The summed E-state index contributed by atoms with van der Waals surface area (Å²) in [6.45, 7) is 9.00. The summed E-state index contributed by atoms with van der Waals surface area (Å²) in [4.78, 5) is 11.3. The van der Waals surface area contributed by atoms with E-state index in [1.54, 1.807) is 0 Å². The number of anilines is 2. The van der Waals surface area contributed by atoms with Gasteiger partial charge in [0.2, 0.25) is 0 Å². The molecule has 2 N–H and O–H groups in total. The topological polar surface area (TPSA) is 55.0 Å². The van der Waals surface area contributed by atoms with Crippen molar-refractivity contribution >= 4 is 11.5 Å². The van der Waals surface area contributed by atoms with E-state index in [1.165, 1.54) is 0 Å². The normalized spacial score (nSPS) is 10.8. The molecule has 0 spiro atoms. The van der Waals surface area contributed by atoms with E-state index in [-0.39, 0.29) is 0 Å². The van der Waals surface area contributed by atoms with Gasteiger partial charge in [-0.05, 0) is 39.3 Å². The summed E-state index contributed by atoms with van der Waals surface area (Å²) in [6.07, 6.45) is 1.83. The number of nitrogen functional groups attached to an aromatic ring is 1. The molecule has 0 aliphatic rings. The first kappa shape index (κ1) is 14.3.